The van der Waals surface area contributed by atoms with E-state index in [0.29, 0.717) is 21.6 Å². The maximum absolute atomic E-state index is 12.2. The van der Waals surface area contributed by atoms with Gasteiger partial charge in [0.15, 0.2) is 11.7 Å². The number of carbonyl (C=O) groups excluding carboxylic acids is 2. The Morgan fingerprint density at radius 1 is 1.17 bits per heavy atom. The lowest BCUT2D eigenvalue weighted by Gasteiger charge is -2.18. The number of hydrogen-bond donors (Lipinski definition) is 0. The van der Waals surface area contributed by atoms with Crippen LogP contribution in [0.25, 0.3) is 0 Å². The third kappa shape index (κ3) is 5.81. The maximum atomic E-state index is 12.2. The number of carbonyl (C=O) groups is 2. The molecule has 30 heavy (non-hydrogen) atoms. The number of nitrogens with zero attached hydrogens (tertiary/aromatic N) is 2. The summed E-state index contributed by atoms with van der Waals surface area (Å²) in [6.45, 7) is 3.32. The van der Waals surface area contributed by atoms with E-state index in [-0.39, 0.29) is 19.1 Å². The van der Waals surface area contributed by atoms with Crippen LogP contribution >= 0.6 is 22.9 Å². The highest BCUT2D eigenvalue weighted by Gasteiger charge is 2.18. The molecule has 1 amide bonds. The molecule has 0 aliphatic carbocycles. The molecule has 0 atom stereocenters. The van der Waals surface area contributed by atoms with Crippen LogP contribution in [-0.4, -0.2) is 23.5 Å². The molecule has 0 aliphatic rings. The summed E-state index contributed by atoms with van der Waals surface area (Å²) in [4.78, 5) is 30.1. The predicted molar refractivity (Wildman–Crippen MR) is 117 cm³/mol. The summed E-state index contributed by atoms with van der Waals surface area (Å²) in [6.07, 6.45) is 0.925. The van der Waals surface area contributed by atoms with E-state index in [1.807, 2.05) is 24.3 Å². The molecular formula is C22H21ClN2O4S. The standard InChI is InChI=1S/C22H21ClN2O4S/c1-3-16-7-9-19(10-8-16)25(15(2)26)22-24-18(14-30-22)12-29-21(27)13-28-20-6-4-5-17(23)11-20/h4-11,14H,3,12-13H2,1-2H3. The second-order valence-electron chi connectivity index (χ2n) is 6.40. The predicted octanol–water partition coefficient (Wildman–Crippen LogP) is 5.17. The Kier molecular flexibility index (Phi) is 7.43. The van der Waals surface area contributed by atoms with Gasteiger partial charge in [-0.15, -0.1) is 11.3 Å². The summed E-state index contributed by atoms with van der Waals surface area (Å²) in [5.74, 6) is -0.184. The van der Waals surface area contributed by atoms with Crippen LogP contribution in [0.3, 0.4) is 0 Å². The van der Waals surface area contributed by atoms with Crippen LogP contribution in [0.1, 0.15) is 25.1 Å². The second kappa shape index (κ2) is 10.2. The lowest BCUT2D eigenvalue weighted by Crippen LogP contribution is -2.22. The Morgan fingerprint density at radius 2 is 1.93 bits per heavy atom. The van der Waals surface area contributed by atoms with Crippen molar-refractivity contribution < 1.29 is 19.1 Å². The summed E-state index contributed by atoms with van der Waals surface area (Å²) >= 11 is 7.19. The normalized spacial score (nSPS) is 10.5. The summed E-state index contributed by atoms with van der Waals surface area (Å²) in [5, 5.41) is 2.81. The highest BCUT2D eigenvalue weighted by molar-refractivity contribution is 7.14. The van der Waals surface area contributed by atoms with E-state index >= 15 is 0 Å². The summed E-state index contributed by atoms with van der Waals surface area (Å²) in [5.41, 5.74) is 2.49. The third-order valence-electron chi connectivity index (χ3n) is 4.18. The average molecular weight is 445 g/mol. The van der Waals surface area contributed by atoms with Gasteiger partial charge in [0.05, 0.1) is 11.4 Å². The number of benzene rings is 2. The molecule has 0 spiro atoms. The van der Waals surface area contributed by atoms with Gasteiger partial charge in [-0.25, -0.2) is 9.78 Å². The first kappa shape index (κ1) is 21.8. The van der Waals surface area contributed by atoms with E-state index in [2.05, 4.69) is 11.9 Å². The summed E-state index contributed by atoms with van der Waals surface area (Å²) in [6, 6.07) is 14.5. The monoisotopic (exact) mass is 444 g/mol. The second-order valence-corrected chi connectivity index (χ2v) is 7.68. The number of halogens is 1. The van der Waals surface area contributed by atoms with Gasteiger partial charge in [-0.2, -0.15) is 0 Å². The Bertz CT molecular complexity index is 1020. The van der Waals surface area contributed by atoms with E-state index in [0.717, 1.165) is 12.1 Å². The van der Waals surface area contributed by atoms with Gasteiger partial charge in [0, 0.05) is 17.3 Å². The molecule has 0 saturated heterocycles. The average Bonchev–Trinajstić information content (AvgIpc) is 3.19. The highest BCUT2D eigenvalue weighted by atomic mass is 35.5. The van der Waals surface area contributed by atoms with Gasteiger partial charge in [-0.1, -0.05) is 36.7 Å². The number of thiazole rings is 1. The van der Waals surface area contributed by atoms with Crippen molar-refractivity contribution in [3.05, 3.63) is 70.2 Å². The molecule has 2 aromatic carbocycles. The first-order chi connectivity index (χ1) is 14.5. The minimum atomic E-state index is -0.525. The molecule has 156 valence electrons. The summed E-state index contributed by atoms with van der Waals surface area (Å²) < 4.78 is 10.6. The molecular weight excluding hydrogens is 424 g/mol. The van der Waals surface area contributed by atoms with E-state index in [1.165, 1.54) is 28.7 Å². The van der Waals surface area contributed by atoms with Gasteiger partial charge in [0.1, 0.15) is 12.4 Å². The van der Waals surface area contributed by atoms with Crippen molar-refractivity contribution in [2.24, 2.45) is 0 Å². The number of hydrogen-bond acceptors (Lipinski definition) is 6. The molecule has 3 aromatic rings. The molecule has 0 radical (unpaired) electrons. The molecule has 0 saturated carbocycles. The van der Waals surface area contributed by atoms with E-state index in [9.17, 15) is 9.59 Å². The number of esters is 1. The van der Waals surface area contributed by atoms with E-state index in [4.69, 9.17) is 21.1 Å². The lowest BCUT2D eigenvalue weighted by atomic mass is 10.1. The molecule has 0 unspecified atom stereocenters. The fourth-order valence-electron chi connectivity index (χ4n) is 2.67. The lowest BCUT2D eigenvalue weighted by molar-refractivity contribution is -0.147. The molecule has 1 aromatic heterocycles. The molecule has 8 heteroatoms. The van der Waals surface area contributed by atoms with Gasteiger partial charge in [0.2, 0.25) is 5.91 Å². The van der Waals surface area contributed by atoms with Gasteiger partial charge in [-0.05, 0) is 42.3 Å². The molecule has 0 fully saturated rings. The molecule has 0 bridgehead atoms. The Labute approximate surface area is 184 Å². The largest absolute Gasteiger partial charge is 0.482 e. The number of ether oxygens (including phenoxy) is 2. The molecule has 0 aliphatic heterocycles. The fraction of sp³-hybridized carbons (Fsp3) is 0.227. The fourth-order valence-corrected chi connectivity index (χ4v) is 3.72. The third-order valence-corrected chi connectivity index (χ3v) is 5.29. The molecule has 1 heterocycles. The Balaban J connectivity index is 1.58. The van der Waals surface area contributed by atoms with Crippen LogP contribution in [0.5, 0.6) is 5.75 Å². The highest BCUT2D eigenvalue weighted by Crippen LogP contribution is 2.29. The topological polar surface area (TPSA) is 68.7 Å². The van der Waals surface area contributed by atoms with Crippen LogP contribution in [0.2, 0.25) is 5.02 Å². The number of aryl methyl sites for hydroxylation is 1. The number of amides is 1. The molecule has 0 N–H and O–H groups in total. The zero-order valence-corrected chi connectivity index (χ0v) is 18.2. The number of aromatic nitrogens is 1. The zero-order valence-electron chi connectivity index (χ0n) is 16.6. The van der Waals surface area contributed by atoms with E-state index < -0.39 is 5.97 Å². The van der Waals surface area contributed by atoms with Gasteiger partial charge in [-0.3, -0.25) is 9.69 Å². The van der Waals surface area contributed by atoms with Gasteiger partial charge in [0.25, 0.3) is 0 Å². The molecule has 3 rings (SSSR count). The van der Waals surface area contributed by atoms with Crippen molar-refractivity contribution >= 4 is 45.6 Å². The van der Waals surface area contributed by atoms with Gasteiger partial charge < -0.3 is 9.47 Å². The van der Waals surface area contributed by atoms with Crippen LogP contribution in [0, 0.1) is 0 Å². The van der Waals surface area contributed by atoms with Crippen molar-refractivity contribution in [3.8, 4) is 5.75 Å². The van der Waals surface area contributed by atoms with Crippen molar-refractivity contribution in [2.45, 2.75) is 26.9 Å². The van der Waals surface area contributed by atoms with Crippen molar-refractivity contribution in [1.82, 2.24) is 4.98 Å². The van der Waals surface area contributed by atoms with Crippen molar-refractivity contribution in [3.63, 3.8) is 0 Å². The minimum Gasteiger partial charge on any atom is -0.482 e. The molecule has 6 nitrogen and oxygen atoms in total. The first-order valence-corrected chi connectivity index (χ1v) is 10.6. The number of rotatable bonds is 8. The van der Waals surface area contributed by atoms with Crippen molar-refractivity contribution in [1.29, 1.82) is 0 Å². The number of anilines is 2. The van der Waals surface area contributed by atoms with E-state index in [1.54, 1.807) is 29.6 Å². The summed E-state index contributed by atoms with van der Waals surface area (Å²) in [7, 11) is 0. The minimum absolute atomic E-state index is 0.00520. The Morgan fingerprint density at radius 3 is 2.60 bits per heavy atom. The van der Waals surface area contributed by atoms with Crippen LogP contribution in [-0.2, 0) is 27.4 Å². The van der Waals surface area contributed by atoms with Crippen LogP contribution in [0.15, 0.2) is 53.9 Å². The van der Waals surface area contributed by atoms with Crippen LogP contribution < -0.4 is 9.64 Å². The van der Waals surface area contributed by atoms with Crippen LogP contribution in [0.4, 0.5) is 10.8 Å². The smallest absolute Gasteiger partial charge is 0.344 e. The maximum Gasteiger partial charge on any atom is 0.344 e. The zero-order chi connectivity index (χ0) is 21.5. The quantitative estimate of drug-likeness (QED) is 0.448. The van der Waals surface area contributed by atoms with Crippen molar-refractivity contribution in [2.75, 3.05) is 11.5 Å². The van der Waals surface area contributed by atoms with Gasteiger partial charge >= 0.3 is 5.97 Å². The SMILES string of the molecule is CCc1ccc(N(C(C)=O)c2nc(COC(=O)COc3cccc(Cl)c3)cs2)cc1. The Hall–Kier alpha value is -2.90. The first-order valence-electron chi connectivity index (χ1n) is 9.34.